The first-order valence-corrected chi connectivity index (χ1v) is 12.3. The number of amides is 3. The van der Waals surface area contributed by atoms with Gasteiger partial charge in [-0.25, -0.2) is 9.18 Å². The number of carbonyl (C=O) groups excluding carboxylic acids is 2. The molecule has 0 bridgehead atoms. The van der Waals surface area contributed by atoms with Gasteiger partial charge in [0.25, 0.3) is 5.91 Å². The van der Waals surface area contributed by atoms with Crippen LogP contribution in [0, 0.1) is 12.7 Å². The Morgan fingerprint density at radius 3 is 2.34 bits per heavy atom. The van der Waals surface area contributed by atoms with Crippen LogP contribution in [0.2, 0.25) is 5.02 Å². The number of benzene rings is 2. The minimum atomic E-state index is -0.348. The number of unbranched alkanes of at least 4 members (excludes halogenated alkanes) is 1. The molecule has 1 fully saturated rings. The summed E-state index contributed by atoms with van der Waals surface area (Å²) in [6, 6.07) is 15.5. The Hall–Kier alpha value is -3.32. The van der Waals surface area contributed by atoms with Gasteiger partial charge < -0.3 is 19.7 Å². The number of carbonyl (C=O) groups is 2. The highest BCUT2D eigenvalue weighted by Gasteiger charge is 2.28. The van der Waals surface area contributed by atoms with Gasteiger partial charge in [-0.15, -0.1) is 0 Å². The van der Waals surface area contributed by atoms with E-state index in [1.165, 1.54) is 12.1 Å². The Balaban J connectivity index is 1.59. The molecule has 0 unspecified atom stereocenters. The quantitative estimate of drug-likeness (QED) is 0.457. The monoisotopic (exact) mass is 496 g/mol. The van der Waals surface area contributed by atoms with E-state index in [2.05, 4.69) is 12.2 Å². The zero-order valence-corrected chi connectivity index (χ0v) is 20.8. The second-order valence-corrected chi connectivity index (χ2v) is 9.15. The Morgan fingerprint density at radius 1 is 1.00 bits per heavy atom. The predicted octanol–water partition coefficient (Wildman–Crippen LogP) is 5.51. The van der Waals surface area contributed by atoms with Crippen molar-refractivity contribution in [2.24, 2.45) is 0 Å². The number of hydrogen-bond acceptors (Lipinski definition) is 2. The minimum absolute atomic E-state index is 0.0796. The zero-order valence-electron chi connectivity index (χ0n) is 20.1. The standard InChI is InChI=1S/C27H30ClFN4O2/c1-3-4-12-30-27(35)32-15-13-31(14-16-32)26(34)24-18-25(20-8-10-21(28)11-9-20)33(19(24)2)23-7-5-6-22(29)17-23/h5-11,17-18H,3-4,12-16H2,1-2H3,(H,30,35). The maximum absolute atomic E-state index is 14.1. The number of rotatable bonds is 6. The molecule has 35 heavy (non-hydrogen) atoms. The molecule has 1 aliphatic rings. The molecular formula is C27H30ClFN4O2. The smallest absolute Gasteiger partial charge is 0.317 e. The van der Waals surface area contributed by atoms with E-state index < -0.39 is 0 Å². The molecule has 3 amide bonds. The van der Waals surface area contributed by atoms with Crippen molar-refractivity contribution in [3.05, 3.63) is 76.7 Å². The Morgan fingerprint density at radius 2 is 1.69 bits per heavy atom. The van der Waals surface area contributed by atoms with Gasteiger partial charge in [-0.05, 0) is 55.3 Å². The first kappa shape index (κ1) is 24.8. The highest BCUT2D eigenvalue weighted by Crippen LogP contribution is 2.31. The molecule has 2 heterocycles. The van der Waals surface area contributed by atoms with Crippen LogP contribution in [-0.4, -0.2) is 59.0 Å². The van der Waals surface area contributed by atoms with E-state index in [-0.39, 0.29) is 17.8 Å². The van der Waals surface area contributed by atoms with Crippen LogP contribution in [0.4, 0.5) is 9.18 Å². The van der Waals surface area contributed by atoms with Crippen molar-refractivity contribution in [2.45, 2.75) is 26.7 Å². The molecule has 1 aromatic heterocycles. The van der Waals surface area contributed by atoms with E-state index in [1.807, 2.05) is 35.8 Å². The van der Waals surface area contributed by atoms with Gasteiger partial charge in [-0.3, -0.25) is 4.79 Å². The van der Waals surface area contributed by atoms with Gasteiger partial charge >= 0.3 is 6.03 Å². The summed E-state index contributed by atoms with van der Waals surface area (Å²) < 4.78 is 16.0. The van der Waals surface area contributed by atoms with Crippen LogP contribution in [0.15, 0.2) is 54.6 Å². The van der Waals surface area contributed by atoms with E-state index in [0.717, 1.165) is 29.8 Å². The third-order valence-corrected chi connectivity index (χ3v) is 6.60. The van der Waals surface area contributed by atoms with Gasteiger partial charge in [0, 0.05) is 49.1 Å². The van der Waals surface area contributed by atoms with E-state index >= 15 is 0 Å². The summed E-state index contributed by atoms with van der Waals surface area (Å²) in [7, 11) is 0. The first-order chi connectivity index (χ1) is 16.9. The Kier molecular flexibility index (Phi) is 7.76. The van der Waals surface area contributed by atoms with Crippen molar-refractivity contribution in [2.75, 3.05) is 32.7 Å². The van der Waals surface area contributed by atoms with Crippen molar-refractivity contribution in [3.63, 3.8) is 0 Å². The van der Waals surface area contributed by atoms with Gasteiger partial charge in [0.1, 0.15) is 5.82 Å². The van der Waals surface area contributed by atoms with Crippen LogP contribution in [0.25, 0.3) is 16.9 Å². The molecule has 4 rings (SSSR count). The fourth-order valence-corrected chi connectivity index (χ4v) is 4.50. The summed E-state index contributed by atoms with van der Waals surface area (Å²) in [5.74, 6) is -0.447. The van der Waals surface area contributed by atoms with Crippen molar-refractivity contribution < 1.29 is 14.0 Å². The minimum Gasteiger partial charge on any atom is -0.338 e. The van der Waals surface area contributed by atoms with Crippen LogP contribution in [0.3, 0.4) is 0 Å². The van der Waals surface area contributed by atoms with Crippen molar-refractivity contribution in [3.8, 4) is 16.9 Å². The van der Waals surface area contributed by atoms with Gasteiger partial charge in [0.2, 0.25) is 0 Å². The average molecular weight is 497 g/mol. The summed E-state index contributed by atoms with van der Waals surface area (Å²) >= 11 is 6.08. The van der Waals surface area contributed by atoms with Crippen molar-refractivity contribution in [1.29, 1.82) is 0 Å². The lowest BCUT2D eigenvalue weighted by Crippen LogP contribution is -2.53. The Labute approximate surface area is 210 Å². The molecule has 0 aliphatic carbocycles. The van der Waals surface area contributed by atoms with Crippen LogP contribution in [0.5, 0.6) is 0 Å². The third-order valence-electron chi connectivity index (χ3n) is 6.34. The first-order valence-electron chi connectivity index (χ1n) is 11.9. The molecule has 0 spiro atoms. The lowest BCUT2D eigenvalue weighted by atomic mass is 10.1. The topological polar surface area (TPSA) is 57.6 Å². The maximum Gasteiger partial charge on any atom is 0.317 e. The highest BCUT2D eigenvalue weighted by atomic mass is 35.5. The van der Waals surface area contributed by atoms with Gasteiger partial charge in [0.05, 0.1) is 11.3 Å². The fraction of sp³-hybridized carbons (Fsp3) is 0.333. The lowest BCUT2D eigenvalue weighted by molar-refractivity contribution is 0.0664. The summed E-state index contributed by atoms with van der Waals surface area (Å²) in [5, 5.41) is 3.55. The Bertz CT molecular complexity index is 1200. The molecule has 2 aromatic carbocycles. The number of urea groups is 1. The molecule has 1 aliphatic heterocycles. The molecule has 184 valence electrons. The van der Waals surface area contributed by atoms with E-state index in [4.69, 9.17) is 11.6 Å². The number of halogens is 2. The average Bonchev–Trinajstić information content (AvgIpc) is 3.21. The van der Waals surface area contributed by atoms with Crippen molar-refractivity contribution in [1.82, 2.24) is 19.7 Å². The maximum atomic E-state index is 14.1. The van der Waals surface area contributed by atoms with Gasteiger partial charge in [-0.1, -0.05) is 43.1 Å². The molecular weight excluding hydrogens is 467 g/mol. The number of nitrogens with one attached hydrogen (secondary N) is 1. The summed E-state index contributed by atoms with van der Waals surface area (Å²) in [6.45, 7) is 6.50. The second-order valence-electron chi connectivity index (χ2n) is 8.72. The highest BCUT2D eigenvalue weighted by molar-refractivity contribution is 6.30. The molecule has 0 saturated carbocycles. The normalized spacial score (nSPS) is 13.7. The van der Waals surface area contributed by atoms with E-state index in [0.29, 0.717) is 49.0 Å². The van der Waals surface area contributed by atoms with Crippen LogP contribution in [0.1, 0.15) is 35.8 Å². The summed E-state index contributed by atoms with van der Waals surface area (Å²) in [6.07, 6.45) is 1.97. The van der Waals surface area contributed by atoms with Crippen LogP contribution < -0.4 is 5.32 Å². The number of aromatic nitrogens is 1. The lowest BCUT2D eigenvalue weighted by Gasteiger charge is -2.34. The van der Waals surface area contributed by atoms with Gasteiger partial charge in [-0.2, -0.15) is 0 Å². The summed E-state index contributed by atoms with van der Waals surface area (Å²) in [5.41, 5.74) is 3.57. The molecule has 1 saturated heterocycles. The molecule has 0 atom stereocenters. The van der Waals surface area contributed by atoms with E-state index in [9.17, 15) is 14.0 Å². The van der Waals surface area contributed by atoms with E-state index in [1.54, 1.807) is 28.0 Å². The number of nitrogens with zero attached hydrogens (tertiary/aromatic N) is 3. The van der Waals surface area contributed by atoms with Crippen LogP contribution in [-0.2, 0) is 0 Å². The molecule has 0 radical (unpaired) electrons. The fourth-order valence-electron chi connectivity index (χ4n) is 4.37. The molecule has 3 aromatic rings. The largest absolute Gasteiger partial charge is 0.338 e. The molecule has 8 heteroatoms. The van der Waals surface area contributed by atoms with Crippen LogP contribution >= 0.6 is 11.6 Å². The molecule has 6 nitrogen and oxygen atoms in total. The summed E-state index contributed by atoms with van der Waals surface area (Å²) in [4.78, 5) is 29.4. The second kappa shape index (κ2) is 11.0. The number of piperazine rings is 1. The third kappa shape index (κ3) is 5.51. The van der Waals surface area contributed by atoms with Gasteiger partial charge in [0.15, 0.2) is 0 Å². The molecule has 1 N–H and O–H groups in total. The zero-order chi connectivity index (χ0) is 24.9. The predicted molar refractivity (Wildman–Crippen MR) is 137 cm³/mol. The SMILES string of the molecule is CCCCNC(=O)N1CCN(C(=O)c2cc(-c3ccc(Cl)cc3)n(-c3cccc(F)c3)c2C)CC1. The number of hydrogen-bond donors (Lipinski definition) is 1. The van der Waals surface area contributed by atoms with Crippen molar-refractivity contribution >= 4 is 23.5 Å².